The van der Waals surface area contributed by atoms with Gasteiger partial charge in [-0.3, -0.25) is 0 Å². The van der Waals surface area contributed by atoms with E-state index >= 15 is 0 Å². The zero-order valence-corrected chi connectivity index (χ0v) is 17.3. The minimum atomic E-state index is -1.90. The van der Waals surface area contributed by atoms with Crippen molar-refractivity contribution < 1.29 is 18.8 Å². The Morgan fingerprint density at radius 2 is 1.27 bits per heavy atom. The van der Waals surface area contributed by atoms with E-state index in [2.05, 4.69) is 9.97 Å². The van der Waals surface area contributed by atoms with Crippen LogP contribution in [0.1, 0.15) is 0 Å². The molecule has 0 aliphatic rings. The van der Waals surface area contributed by atoms with Crippen molar-refractivity contribution in [3.05, 3.63) is 103 Å². The molecule has 0 saturated heterocycles. The number of halogens is 2. The van der Waals surface area contributed by atoms with E-state index in [-0.39, 0.29) is 16.9 Å². The summed E-state index contributed by atoms with van der Waals surface area (Å²) in [7, 11) is -1.90. The number of benzene rings is 4. The summed E-state index contributed by atoms with van der Waals surface area (Å²) in [6.45, 7) is 0. The van der Waals surface area contributed by atoms with Gasteiger partial charge in [0.1, 0.15) is 11.6 Å². The number of hydrogen-bond donors (Lipinski definition) is 2. The second kappa shape index (κ2) is 8.54. The summed E-state index contributed by atoms with van der Waals surface area (Å²) in [6.07, 6.45) is 0. The smallest absolute Gasteiger partial charge is 0.421 e. The first-order valence-electron chi connectivity index (χ1n) is 10.3. The Bertz CT molecular complexity index is 1490. The quantitative estimate of drug-likeness (QED) is 0.403. The standard InChI is InChI=1S/C26H17BF2N2O2/c28-22-11-4-3-9-19(22)20-13-12-17(14-23(20)29)24-15-25(31-26(30-24)27(32)33)21-10-5-7-16-6-1-2-8-18(16)21/h1-15,32-33H. The molecule has 160 valence electrons. The van der Waals surface area contributed by atoms with Crippen LogP contribution in [0.2, 0.25) is 0 Å². The molecule has 0 spiro atoms. The highest BCUT2D eigenvalue weighted by atomic mass is 19.1. The molecule has 0 bridgehead atoms. The molecule has 2 N–H and O–H groups in total. The van der Waals surface area contributed by atoms with Gasteiger partial charge in [0.05, 0.1) is 11.4 Å². The molecule has 33 heavy (non-hydrogen) atoms. The van der Waals surface area contributed by atoms with E-state index in [0.29, 0.717) is 17.0 Å². The summed E-state index contributed by atoms with van der Waals surface area (Å²) in [5.41, 5.74) is 2.05. The van der Waals surface area contributed by atoms with Crippen LogP contribution < -0.4 is 5.72 Å². The molecule has 0 aliphatic carbocycles. The highest BCUT2D eigenvalue weighted by Crippen LogP contribution is 2.31. The molecule has 1 heterocycles. The summed E-state index contributed by atoms with van der Waals surface area (Å²) in [5, 5.41) is 21.5. The second-order valence-corrected chi connectivity index (χ2v) is 7.57. The van der Waals surface area contributed by atoms with Crippen molar-refractivity contribution >= 4 is 23.6 Å². The van der Waals surface area contributed by atoms with E-state index in [1.54, 1.807) is 24.3 Å². The lowest BCUT2D eigenvalue weighted by molar-refractivity contribution is 0.422. The third-order valence-electron chi connectivity index (χ3n) is 5.47. The molecule has 1 aromatic heterocycles. The van der Waals surface area contributed by atoms with Crippen molar-refractivity contribution in [1.29, 1.82) is 0 Å². The highest BCUT2D eigenvalue weighted by Gasteiger charge is 2.20. The van der Waals surface area contributed by atoms with Crippen molar-refractivity contribution in [3.8, 4) is 33.6 Å². The van der Waals surface area contributed by atoms with Gasteiger partial charge in [-0.2, -0.15) is 0 Å². The van der Waals surface area contributed by atoms with Gasteiger partial charge in [0.15, 0.2) is 5.72 Å². The van der Waals surface area contributed by atoms with Gasteiger partial charge in [-0.25, -0.2) is 18.7 Å². The summed E-state index contributed by atoms with van der Waals surface area (Å²) in [5.74, 6) is -1.14. The Labute approximate surface area is 189 Å². The van der Waals surface area contributed by atoms with Crippen molar-refractivity contribution in [1.82, 2.24) is 9.97 Å². The maximum Gasteiger partial charge on any atom is 0.528 e. The van der Waals surface area contributed by atoms with Crippen LogP contribution in [0, 0.1) is 11.6 Å². The normalized spacial score (nSPS) is 11.0. The molecule has 7 heteroatoms. The first-order valence-corrected chi connectivity index (χ1v) is 10.3. The summed E-state index contributed by atoms with van der Waals surface area (Å²) in [4.78, 5) is 8.54. The fourth-order valence-corrected chi connectivity index (χ4v) is 3.89. The zero-order valence-electron chi connectivity index (χ0n) is 17.3. The lowest BCUT2D eigenvalue weighted by Gasteiger charge is -2.12. The fourth-order valence-electron chi connectivity index (χ4n) is 3.89. The third kappa shape index (κ3) is 4.00. The maximum atomic E-state index is 15.0. The van der Waals surface area contributed by atoms with Crippen LogP contribution in [0.5, 0.6) is 0 Å². The SMILES string of the molecule is OB(O)c1nc(-c2ccc(-c3ccccc3F)c(F)c2)cc(-c2cccc3ccccc23)n1. The molecular formula is C26H17BF2N2O2. The molecule has 0 amide bonds. The first-order chi connectivity index (χ1) is 16.0. The molecule has 5 rings (SSSR count). The van der Waals surface area contributed by atoms with Gasteiger partial charge in [0, 0.05) is 22.3 Å². The van der Waals surface area contributed by atoms with Crippen molar-refractivity contribution in [2.75, 3.05) is 0 Å². The Hall–Kier alpha value is -3.94. The van der Waals surface area contributed by atoms with E-state index in [0.717, 1.165) is 16.3 Å². The number of fused-ring (bicyclic) bond motifs is 1. The van der Waals surface area contributed by atoms with Crippen molar-refractivity contribution in [2.24, 2.45) is 0 Å². The van der Waals surface area contributed by atoms with E-state index in [1.807, 2.05) is 42.5 Å². The van der Waals surface area contributed by atoms with Crippen LogP contribution in [0.4, 0.5) is 8.78 Å². The van der Waals surface area contributed by atoms with Crippen LogP contribution in [-0.4, -0.2) is 27.1 Å². The summed E-state index contributed by atoms with van der Waals surface area (Å²) < 4.78 is 29.1. The van der Waals surface area contributed by atoms with Gasteiger partial charge >= 0.3 is 7.12 Å². The molecule has 0 atom stereocenters. The fraction of sp³-hybridized carbons (Fsp3) is 0. The minimum absolute atomic E-state index is 0.127. The number of aromatic nitrogens is 2. The van der Waals surface area contributed by atoms with Gasteiger partial charge in [0.25, 0.3) is 0 Å². The average Bonchev–Trinajstić information content (AvgIpc) is 2.84. The Morgan fingerprint density at radius 3 is 2.06 bits per heavy atom. The summed E-state index contributed by atoms with van der Waals surface area (Å²) in [6, 6.07) is 25.5. The summed E-state index contributed by atoms with van der Waals surface area (Å²) >= 11 is 0. The minimum Gasteiger partial charge on any atom is -0.421 e. The molecule has 0 saturated carbocycles. The monoisotopic (exact) mass is 438 g/mol. The van der Waals surface area contributed by atoms with Crippen molar-refractivity contribution in [3.63, 3.8) is 0 Å². The molecule has 0 fully saturated rings. The van der Waals surface area contributed by atoms with Gasteiger partial charge < -0.3 is 10.0 Å². The topological polar surface area (TPSA) is 66.2 Å². The molecular weight excluding hydrogens is 421 g/mol. The molecule has 0 aliphatic heterocycles. The Balaban J connectivity index is 1.66. The Morgan fingerprint density at radius 1 is 0.606 bits per heavy atom. The van der Waals surface area contributed by atoms with Crippen LogP contribution in [-0.2, 0) is 0 Å². The van der Waals surface area contributed by atoms with Gasteiger partial charge in [0.2, 0.25) is 0 Å². The van der Waals surface area contributed by atoms with E-state index < -0.39 is 18.8 Å². The Kier molecular flexibility index (Phi) is 5.42. The molecule has 0 radical (unpaired) electrons. The predicted molar refractivity (Wildman–Crippen MR) is 126 cm³/mol. The number of nitrogens with zero attached hydrogens (tertiary/aromatic N) is 2. The molecule has 4 aromatic carbocycles. The van der Waals surface area contributed by atoms with Crippen LogP contribution in [0.15, 0.2) is 91.0 Å². The lowest BCUT2D eigenvalue weighted by atomic mass is 9.89. The van der Waals surface area contributed by atoms with Crippen LogP contribution >= 0.6 is 0 Å². The third-order valence-corrected chi connectivity index (χ3v) is 5.47. The predicted octanol–water partition coefficient (Wildman–Crippen LogP) is 4.59. The highest BCUT2D eigenvalue weighted by molar-refractivity contribution is 6.56. The van der Waals surface area contributed by atoms with E-state index in [1.165, 1.54) is 24.3 Å². The second-order valence-electron chi connectivity index (χ2n) is 7.57. The van der Waals surface area contributed by atoms with Gasteiger partial charge in [-0.1, -0.05) is 72.8 Å². The maximum absolute atomic E-state index is 15.0. The van der Waals surface area contributed by atoms with Crippen LogP contribution in [0.3, 0.4) is 0 Å². The van der Waals surface area contributed by atoms with E-state index in [4.69, 9.17) is 0 Å². The first kappa shape index (κ1) is 20.9. The van der Waals surface area contributed by atoms with Crippen LogP contribution in [0.25, 0.3) is 44.4 Å². The molecule has 4 nitrogen and oxygen atoms in total. The number of rotatable bonds is 4. The lowest BCUT2D eigenvalue weighted by Crippen LogP contribution is -2.36. The largest absolute Gasteiger partial charge is 0.528 e. The van der Waals surface area contributed by atoms with Crippen molar-refractivity contribution in [2.45, 2.75) is 0 Å². The zero-order chi connectivity index (χ0) is 22.9. The molecule has 5 aromatic rings. The average molecular weight is 438 g/mol. The molecule has 0 unspecified atom stereocenters. The van der Waals surface area contributed by atoms with Gasteiger partial charge in [-0.05, 0) is 29.0 Å². The van der Waals surface area contributed by atoms with Gasteiger partial charge in [-0.15, -0.1) is 0 Å². The van der Waals surface area contributed by atoms with E-state index in [9.17, 15) is 18.8 Å². The number of hydrogen-bond acceptors (Lipinski definition) is 4.